The number of rotatable bonds is 3. The molecule has 0 bridgehead atoms. The monoisotopic (exact) mass is 367 g/mol. The van der Waals surface area contributed by atoms with Gasteiger partial charge in [0.1, 0.15) is 11.9 Å². The molecule has 2 aromatic rings. The fourth-order valence-electron chi connectivity index (χ4n) is 3.62. The summed E-state index contributed by atoms with van der Waals surface area (Å²) in [5.74, 6) is -0.599. The number of likely N-dealkylation sites (N-methyl/N-ethyl adjacent to an activating group) is 1. The zero-order chi connectivity index (χ0) is 19.3. The minimum Gasteiger partial charge on any atom is -0.355 e. The SMILES string of the molecule is Cc1ccc(NC(=O)c2ccc3c(c2)N(C2CC2)C(C)C(=O)N3C)cc1F. The maximum atomic E-state index is 13.7. The van der Waals surface area contributed by atoms with Crippen LogP contribution < -0.4 is 15.1 Å². The van der Waals surface area contributed by atoms with Crippen LogP contribution in [-0.4, -0.2) is 30.9 Å². The van der Waals surface area contributed by atoms with E-state index in [4.69, 9.17) is 0 Å². The Morgan fingerprint density at radius 1 is 1.15 bits per heavy atom. The van der Waals surface area contributed by atoms with Gasteiger partial charge in [-0.3, -0.25) is 9.59 Å². The summed E-state index contributed by atoms with van der Waals surface area (Å²) in [6.07, 6.45) is 2.11. The minimum atomic E-state index is -0.355. The van der Waals surface area contributed by atoms with Crippen LogP contribution in [0.1, 0.15) is 35.7 Å². The van der Waals surface area contributed by atoms with Gasteiger partial charge in [0.25, 0.3) is 5.91 Å². The second-order valence-electron chi connectivity index (χ2n) is 7.33. The minimum absolute atomic E-state index is 0.0572. The largest absolute Gasteiger partial charge is 0.355 e. The van der Waals surface area contributed by atoms with Crippen LogP contribution >= 0.6 is 0 Å². The molecule has 6 heteroatoms. The summed E-state index contributed by atoms with van der Waals surface area (Å²) in [6, 6.07) is 10.1. The smallest absolute Gasteiger partial charge is 0.255 e. The standard InChI is InChI=1S/C21H22FN3O2/c1-12-4-6-15(11-17(12)22)23-20(26)14-5-9-18-19(10-14)25(16-7-8-16)13(2)21(27)24(18)3/h4-6,9-11,13,16H,7-8H2,1-3H3,(H,23,26). The van der Waals surface area contributed by atoms with Gasteiger partial charge in [-0.15, -0.1) is 0 Å². The number of nitrogens with zero attached hydrogens (tertiary/aromatic N) is 2. The molecule has 1 saturated carbocycles. The molecule has 1 aliphatic heterocycles. The van der Waals surface area contributed by atoms with Gasteiger partial charge in [0.2, 0.25) is 5.91 Å². The lowest BCUT2D eigenvalue weighted by Crippen LogP contribution is -2.51. The van der Waals surface area contributed by atoms with Crippen LogP contribution in [-0.2, 0) is 4.79 Å². The molecule has 2 amide bonds. The second kappa shape index (κ2) is 6.37. The first-order chi connectivity index (χ1) is 12.9. The molecule has 1 atom stereocenters. The molecule has 1 heterocycles. The van der Waals surface area contributed by atoms with Crippen molar-refractivity contribution in [1.82, 2.24) is 0 Å². The van der Waals surface area contributed by atoms with E-state index in [0.29, 0.717) is 22.9 Å². The van der Waals surface area contributed by atoms with Crippen molar-refractivity contribution in [2.24, 2.45) is 0 Å². The molecule has 0 aromatic heterocycles. The first-order valence-corrected chi connectivity index (χ1v) is 9.14. The highest BCUT2D eigenvalue weighted by molar-refractivity contribution is 6.09. The number of carbonyl (C=O) groups excluding carboxylic acids is 2. The number of amides is 2. The van der Waals surface area contributed by atoms with E-state index < -0.39 is 0 Å². The number of anilines is 3. The van der Waals surface area contributed by atoms with Crippen molar-refractivity contribution in [1.29, 1.82) is 0 Å². The number of fused-ring (bicyclic) bond motifs is 1. The molecule has 2 aromatic carbocycles. The van der Waals surface area contributed by atoms with Crippen molar-refractivity contribution in [3.63, 3.8) is 0 Å². The Hall–Kier alpha value is -2.89. The molecule has 140 valence electrons. The first-order valence-electron chi connectivity index (χ1n) is 9.14. The van der Waals surface area contributed by atoms with Crippen LogP contribution in [0.4, 0.5) is 21.5 Å². The van der Waals surface area contributed by atoms with E-state index in [1.165, 1.54) is 6.07 Å². The summed E-state index contributed by atoms with van der Waals surface area (Å²) in [6.45, 7) is 3.58. The van der Waals surface area contributed by atoms with Crippen LogP contribution in [0.3, 0.4) is 0 Å². The fourth-order valence-corrected chi connectivity index (χ4v) is 3.62. The normalized spacial score (nSPS) is 19.1. The lowest BCUT2D eigenvalue weighted by Gasteiger charge is -2.40. The molecule has 1 unspecified atom stereocenters. The van der Waals surface area contributed by atoms with Gasteiger partial charge in [-0.25, -0.2) is 4.39 Å². The Morgan fingerprint density at radius 2 is 1.89 bits per heavy atom. The quantitative estimate of drug-likeness (QED) is 0.900. The average Bonchev–Trinajstić information content (AvgIpc) is 3.47. The van der Waals surface area contributed by atoms with Crippen molar-refractivity contribution >= 4 is 28.9 Å². The predicted octanol–water partition coefficient (Wildman–Crippen LogP) is 3.72. The second-order valence-corrected chi connectivity index (χ2v) is 7.33. The number of hydrogen-bond acceptors (Lipinski definition) is 3. The molecule has 0 saturated heterocycles. The van der Waals surface area contributed by atoms with Gasteiger partial charge >= 0.3 is 0 Å². The van der Waals surface area contributed by atoms with E-state index in [1.807, 2.05) is 13.0 Å². The van der Waals surface area contributed by atoms with Gasteiger partial charge in [-0.2, -0.15) is 0 Å². The number of nitrogens with one attached hydrogen (secondary N) is 1. The van der Waals surface area contributed by atoms with Crippen molar-refractivity contribution in [3.05, 3.63) is 53.3 Å². The lowest BCUT2D eigenvalue weighted by atomic mass is 10.0. The van der Waals surface area contributed by atoms with E-state index in [0.717, 1.165) is 24.2 Å². The highest BCUT2D eigenvalue weighted by atomic mass is 19.1. The summed E-state index contributed by atoms with van der Waals surface area (Å²) < 4.78 is 13.7. The zero-order valence-electron chi connectivity index (χ0n) is 15.6. The summed E-state index contributed by atoms with van der Waals surface area (Å²) in [5.41, 5.74) is 3.14. The Labute approximate surface area is 157 Å². The Kier molecular flexibility index (Phi) is 4.13. The molecular formula is C21H22FN3O2. The van der Waals surface area contributed by atoms with Crippen LogP contribution in [0, 0.1) is 12.7 Å². The Morgan fingerprint density at radius 3 is 2.56 bits per heavy atom. The van der Waals surface area contributed by atoms with E-state index in [-0.39, 0.29) is 23.7 Å². The summed E-state index contributed by atoms with van der Waals surface area (Å²) in [7, 11) is 1.76. The van der Waals surface area contributed by atoms with Crippen molar-refractivity contribution in [2.45, 2.75) is 38.8 Å². The van der Waals surface area contributed by atoms with Gasteiger partial charge in [0.15, 0.2) is 0 Å². The summed E-state index contributed by atoms with van der Waals surface area (Å²) in [4.78, 5) is 29.0. The Bertz CT molecular complexity index is 939. The molecule has 1 N–H and O–H groups in total. The highest BCUT2D eigenvalue weighted by Crippen LogP contribution is 2.42. The highest BCUT2D eigenvalue weighted by Gasteiger charge is 2.41. The number of aryl methyl sites for hydroxylation is 1. The van der Waals surface area contributed by atoms with Crippen molar-refractivity contribution in [3.8, 4) is 0 Å². The maximum absolute atomic E-state index is 13.7. The molecule has 1 fully saturated rings. The number of hydrogen-bond donors (Lipinski definition) is 1. The topological polar surface area (TPSA) is 52.7 Å². The molecule has 1 aliphatic carbocycles. The average molecular weight is 367 g/mol. The van der Waals surface area contributed by atoms with Crippen LogP contribution in [0.25, 0.3) is 0 Å². The van der Waals surface area contributed by atoms with Crippen molar-refractivity contribution in [2.75, 3.05) is 22.2 Å². The maximum Gasteiger partial charge on any atom is 0.255 e. The van der Waals surface area contributed by atoms with Gasteiger partial charge in [0.05, 0.1) is 11.4 Å². The zero-order valence-corrected chi connectivity index (χ0v) is 15.6. The molecule has 27 heavy (non-hydrogen) atoms. The number of benzene rings is 2. The van der Waals surface area contributed by atoms with E-state index in [2.05, 4.69) is 10.2 Å². The molecule has 0 radical (unpaired) electrons. The molecule has 5 nitrogen and oxygen atoms in total. The molecule has 2 aliphatic rings. The lowest BCUT2D eigenvalue weighted by molar-refractivity contribution is -0.119. The van der Waals surface area contributed by atoms with Gasteiger partial charge in [-0.1, -0.05) is 6.07 Å². The van der Waals surface area contributed by atoms with Gasteiger partial charge in [0, 0.05) is 24.3 Å². The van der Waals surface area contributed by atoms with Crippen molar-refractivity contribution < 1.29 is 14.0 Å². The van der Waals surface area contributed by atoms with Crippen LogP contribution in [0.2, 0.25) is 0 Å². The molecule has 4 rings (SSSR count). The Balaban J connectivity index is 1.66. The fraction of sp³-hybridized carbons (Fsp3) is 0.333. The third-order valence-electron chi connectivity index (χ3n) is 5.35. The summed E-state index contributed by atoms with van der Waals surface area (Å²) in [5, 5.41) is 2.75. The van der Waals surface area contributed by atoms with Crippen LogP contribution in [0.15, 0.2) is 36.4 Å². The number of halogens is 1. The van der Waals surface area contributed by atoms with E-state index in [1.54, 1.807) is 43.1 Å². The van der Waals surface area contributed by atoms with E-state index >= 15 is 0 Å². The summed E-state index contributed by atoms with van der Waals surface area (Å²) >= 11 is 0. The third-order valence-corrected chi connectivity index (χ3v) is 5.35. The third kappa shape index (κ3) is 3.05. The number of carbonyl (C=O) groups is 2. The van der Waals surface area contributed by atoms with Gasteiger partial charge in [-0.05, 0) is 62.6 Å². The molecular weight excluding hydrogens is 345 g/mol. The predicted molar refractivity (Wildman–Crippen MR) is 104 cm³/mol. The van der Waals surface area contributed by atoms with Crippen LogP contribution in [0.5, 0.6) is 0 Å². The first kappa shape index (κ1) is 17.5. The molecule has 0 spiro atoms. The van der Waals surface area contributed by atoms with E-state index in [9.17, 15) is 14.0 Å². The van der Waals surface area contributed by atoms with Gasteiger partial charge < -0.3 is 15.1 Å².